The van der Waals surface area contributed by atoms with Crippen molar-refractivity contribution in [2.75, 3.05) is 26.9 Å². The molecule has 8 nitrogen and oxygen atoms in total. The Labute approximate surface area is 154 Å². The maximum absolute atomic E-state index is 11.5. The second kappa shape index (κ2) is 9.17. The van der Waals surface area contributed by atoms with Crippen LogP contribution in [-0.4, -0.2) is 44.6 Å². The molecule has 144 valence electrons. The molecule has 8 heteroatoms. The third kappa shape index (κ3) is 6.70. The molecule has 3 N–H and O–H groups in total. The van der Waals surface area contributed by atoms with Gasteiger partial charge in [-0.3, -0.25) is 4.99 Å². The van der Waals surface area contributed by atoms with E-state index in [9.17, 15) is 4.79 Å². The van der Waals surface area contributed by atoms with E-state index in [0.29, 0.717) is 25.6 Å². The van der Waals surface area contributed by atoms with Crippen LogP contribution in [0.25, 0.3) is 0 Å². The van der Waals surface area contributed by atoms with Gasteiger partial charge in [0, 0.05) is 26.7 Å². The fourth-order valence-corrected chi connectivity index (χ4v) is 2.26. The van der Waals surface area contributed by atoms with E-state index in [1.165, 1.54) is 0 Å². The molecule has 0 saturated carbocycles. The molecule has 0 fully saturated rings. The van der Waals surface area contributed by atoms with E-state index < -0.39 is 11.7 Å². The summed E-state index contributed by atoms with van der Waals surface area (Å²) in [4.78, 5) is 15.7. The van der Waals surface area contributed by atoms with Crippen molar-refractivity contribution in [1.29, 1.82) is 0 Å². The Morgan fingerprint density at radius 2 is 1.88 bits per heavy atom. The quantitative estimate of drug-likeness (QED) is 0.406. The number of alkyl carbamates (subject to hydrolysis) is 1. The molecule has 26 heavy (non-hydrogen) atoms. The highest BCUT2D eigenvalue weighted by Crippen LogP contribution is 2.32. The van der Waals surface area contributed by atoms with Crippen LogP contribution >= 0.6 is 0 Å². The minimum Gasteiger partial charge on any atom is -0.454 e. The molecule has 1 aromatic carbocycles. The third-order valence-electron chi connectivity index (χ3n) is 3.43. The van der Waals surface area contributed by atoms with Crippen molar-refractivity contribution in [1.82, 2.24) is 16.0 Å². The van der Waals surface area contributed by atoms with E-state index in [0.717, 1.165) is 23.5 Å². The summed E-state index contributed by atoms with van der Waals surface area (Å²) in [6, 6.07) is 5.84. The standard InChI is InChI=1S/C18H28N4O4/c1-18(2,3)26-17(23)21-9-5-8-20-16(19-4)22-11-13-6-7-14-15(10-13)25-12-24-14/h6-7,10H,5,8-9,11-12H2,1-4H3,(H,21,23)(H2,19,20,22). The van der Waals surface area contributed by atoms with Gasteiger partial charge in [-0.05, 0) is 44.9 Å². The summed E-state index contributed by atoms with van der Waals surface area (Å²) in [5.41, 5.74) is 0.590. The Bertz CT molecular complexity index is 641. The third-order valence-corrected chi connectivity index (χ3v) is 3.43. The zero-order valence-electron chi connectivity index (χ0n) is 15.8. The highest BCUT2D eigenvalue weighted by molar-refractivity contribution is 5.79. The first-order valence-corrected chi connectivity index (χ1v) is 8.67. The SMILES string of the molecule is CN=C(NCCCNC(=O)OC(C)(C)C)NCc1ccc2c(c1)OCO2. The first-order chi connectivity index (χ1) is 12.4. The summed E-state index contributed by atoms with van der Waals surface area (Å²) < 4.78 is 15.9. The van der Waals surface area contributed by atoms with Crippen molar-refractivity contribution in [3.05, 3.63) is 23.8 Å². The molecule has 0 bridgehead atoms. The van der Waals surface area contributed by atoms with Crippen LogP contribution < -0.4 is 25.4 Å². The predicted molar refractivity (Wildman–Crippen MR) is 99.6 cm³/mol. The number of hydrogen-bond donors (Lipinski definition) is 3. The number of aliphatic imine (C=N–C) groups is 1. The summed E-state index contributed by atoms with van der Waals surface area (Å²) in [7, 11) is 1.72. The van der Waals surface area contributed by atoms with Crippen molar-refractivity contribution in [3.8, 4) is 11.5 Å². The summed E-state index contributed by atoms with van der Waals surface area (Å²) in [6.07, 6.45) is 0.354. The van der Waals surface area contributed by atoms with Gasteiger partial charge in [-0.2, -0.15) is 0 Å². The van der Waals surface area contributed by atoms with Crippen LogP contribution in [0.3, 0.4) is 0 Å². The lowest BCUT2D eigenvalue weighted by atomic mass is 10.2. The first-order valence-electron chi connectivity index (χ1n) is 8.67. The summed E-state index contributed by atoms with van der Waals surface area (Å²) in [5, 5.41) is 9.17. The average molecular weight is 364 g/mol. The second-order valence-electron chi connectivity index (χ2n) is 6.82. The molecule has 2 rings (SSSR count). The fraction of sp³-hybridized carbons (Fsp3) is 0.556. The van der Waals surface area contributed by atoms with Crippen molar-refractivity contribution < 1.29 is 19.0 Å². The van der Waals surface area contributed by atoms with Crippen LogP contribution in [-0.2, 0) is 11.3 Å². The summed E-state index contributed by atoms with van der Waals surface area (Å²) in [5.74, 6) is 2.23. The maximum Gasteiger partial charge on any atom is 0.407 e. The van der Waals surface area contributed by atoms with E-state index in [2.05, 4.69) is 20.9 Å². The van der Waals surface area contributed by atoms with Gasteiger partial charge in [0.1, 0.15) is 5.60 Å². The zero-order chi connectivity index (χ0) is 19.0. The lowest BCUT2D eigenvalue weighted by molar-refractivity contribution is 0.0527. The number of nitrogens with one attached hydrogen (secondary N) is 3. The Balaban J connectivity index is 1.63. The van der Waals surface area contributed by atoms with Gasteiger partial charge in [-0.1, -0.05) is 6.07 Å². The van der Waals surface area contributed by atoms with E-state index in [1.807, 2.05) is 39.0 Å². The van der Waals surface area contributed by atoms with E-state index in [-0.39, 0.29) is 6.79 Å². The van der Waals surface area contributed by atoms with Crippen molar-refractivity contribution in [2.45, 2.75) is 39.3 Å². The van der Waals surface area contributed by atoms with Crippen LogP contribution in [0.1, 0.15) is 32.8 Å². The number of amides is 1. The first kappa shape index (κ1) is 19.7. The molecule has 1 heterocycles. The molecule has 1 aliphatic rings. The van der Waals surface area contributed by atoms with Gasteiger partial charge in [0.25, 0.3) is 0 Å². The van der Waals surface area contributed by atoms with Gasteiger partial charge in [0.2, 0.25) is 6.79 Å². The monoisotopic (exact) mass is 364 g/mol. The smallest absolute Gasteiger partial charge is 0.407 e. The number of carbonyl (C=O) groups excluding carboxylic acids is 1. The van der Waals surface area contributed by atoms with Crippen molar-refractivity contribution in [3.63, 3.8) is 0 Å². The van der Waals surface area contributed by atoms with Gasteiger partial charge >= 0.3 is 6.09 Å². The second-order valence-corrected chi connectivity index (χ2v) is 6.82. The molecule has 0 atom stereocenters. The van der Waals surface area contributed by atoms with Gasteiger partial charge in [0.05, 0.1) is 0 Å². The van der Waals surface area contributed by atoms with Crippen LogP contribution in [0.2, 0.25) is 0 Å². The number of guanidine groups is 1. The highest BCUT2D eigenvalue weighted by Gasteiger charge is 2.15. The van der Waals surface area contributed by atoms with Gasteiger partial charge < -0.3 is 30.2 Å². The lowest BCUT2D eigenvalue weighted by Crippen LogP contribution is -2.39. The number of rotatable bonds is 6. The molecule has 1 amide bonds. The maximum atomic E-state index is 11.5. The molecule has 0 saturated heterocycles. The van der Waals surface area contributed by atoms with Crippen molar-refractivity contribution in [2.24, 2.45) is 4.99 Å². The molecule has 0 aliphatic carbocycles. The predicted octanol–water partition coefficient (Wildman–Crippen LogP) is 2.00. The Morgan fingerprint density at radius 1 is 1.15 bits per heavy atom. The minimum absolute atomic E-state index is 0.271. The molecule has 0 spiro atoms. The van der Waals surface area contributed by atoms with Crippen LogP contribution in [0.15, 0.2) is 23.2 Å². The lowest BCUT2D eigenvalue weighted by Gasteiger charge is -2.19. The molecule has 0 unspecified atom stereocenters. The zero-order valence-corrected chi connectivity index (χ0v) is 15.8. The number of nitrogens with zero attached hydrogens (tertiary/aromatic N) is 1. The Kier molecular flexibility index (Phi) is 6.94. The van der Waals surface area contributed by atoms with E-state index in [4.69, 9.17) is 14.2 Å². The Hall–Kier alpha value is -2.64. The van der Waals surface area contributed by atoms with Crippen LogP contribution in [0.5, 0.6) is 11.5 Å². The van der Waals surface area contributed by atoms with Gasteiger partial charge in [-0.15, -0.1) is 0 Å². The minimum atomic E-state index is -0.483. The summed E-state index contributed by atoms with van der Waals surface area (Å²) in [6.45, 7) is 7.61. The number of fused-ring (bicyclic) bond motifs is 1. The van der Waals surface area contributed by atoms with Gasteiger partial charge in [0.15, 0.2) is 17.5 Å². The largest absolute Gasteiger partial charge is 0.454 e. The van der Waals surface area contributed by atoms with Crippen LogP contribution in [0.4, 0.5) is 4.79 Å². The topological polar surface area (TPSA) is 93.2 Å². The Morgan fingerprint density at radius 3 is 2.62 bits per heavy atom. The van der Waals surface area contributed by atoms with Gasteiger partial charge in [-0.25, -0.2) is 4.79 Å². The van der Waals surface area contributed by atoms with Crippen LogP contribution in [0, 0.1) is 0 Å². The number of ether oxygens (including phenoxy) is 3. The fourth-order valence-electron chi connectivity index (χ4n) is 2.26. The average Bonchev–Trinajstić information content (AvgIpc) is 3.03. The molecule has 0 aromatic heterocycles. The number of benzene rings is 1. The normalized spacial score (nSPS) is 13.3. The molecule has 0 radical (unpaired) electrons. The van der Waals surface area contributed by atoms with E-state index in [1.54, 1.807) is 7.05 Å². The summed E-state index contributed by atoms with van der Waals surface area (Å²) >= 11 is 0. The molecule has 1 aromatic rings. The van der Waals surface area contributed by atoms with E-state index >= 15 is 0 Å². The number of hydrogen-bond acceptors (Lipinski definition) is 5. The molecule has 1 aliphatic heterocycles. The molecular weight excluding hydrogens is 336 g/mol. The highest BCUT2D eigenvalue weighted by atomic mass is 16.7. The van der Waals surface area contributed by atoms with Crippen molar-refractivity contribution >= 4 is 12.1 Å². The number of carbonyl (C=O) groups is 1. The molecular formula is C18H28N4O4.